The third kappa shape index (κ3) is 7.01. The highest BCUT2D eigenvalue weighted by Crippen LogP contribution is 2.40. The lowest BCUT2D eigenvalue weighted by molar-refractivity contribution is -0.157. The first-order valence-electron chi connectivity index (χ1n) is 14.0. The largest absolute Gasteiger partial charge is 0.465 e. The van der Waals surface area contributed by atoms with Gasteiger partial charge in [0.1, 0.15) is 18.7 Å². The molecular formula is C31H40N2O5. The maximum absolute atomic E-state index is 13.9. The molecule has 5 atom stereocenters. The lowest BCUT2D eigenvalue weighted by Gasteiger charge is -2.35. The number of ether oxygens (including phenoxy) is 2. The molecule has 2 aliphatic rings. The second-order valence-electron chi connectivity index (χ2n) is 10.4. The van der Waals surface area contributed by atoms with Gasteiger partial charge in [-0.05, 0) is 63.0 Å². The van der Waals surface area contributed by atoms with Crippen molar-refractivity contribution in [2.45, 2.75) is 89.6 Å². The molecule has 0 bridgehead atoms. The zero-order valence-electron chi connectivity index (χ0n) is 22.5. The smallest absolute Gasteiger partial charge is 0.329 e. The van der Waals surface area contributed by atoms with Gasteiger partial charge in [-0.2, -0.15) is 0 Å². The van der Waals surface area contributed by atoms with E-state index in [1.54, 1.807) is 18.7 Å². The van der Waals surface area contributed by atoms with Crippen molar-refractivity contribution in [3.63, 3.8) is 0 Å². The Labute approximate surface area is 225 Å². The van der Waals surface area contributed by atoms with Gasteiger partial charge >= 0.3 is 11.9 Å². The first-order valence-corrected chi connectivity index (χ1v) is 14.0. The summed E-state index contributed by atoms with van der Waals surface area (Å²) in [6.07, 6.45) is 5.89. The van der Waals surface area contributed by atoms with E-state index >= 15 is 0 Å². The number of esters is 2. The minimum absolute atomic E-state index is 0.0279. The number of aryl methyl sites for hydroxylation is 1. The van der Waals surface area contributed by atoms with E-state index in [4.69, 9.17) is 9.47 Å². The van der Waals surface area contributed by atoms with Crippen LogP contribution in [0.1, 0.15) is 63.5 Å². The molecule has 0 radical (unpaired) electrons. The number of carbonyl (C=O) groups excluding carboxylic acids is 3. The van der Waals surface area contributed by atoms with Gasteiger partial charge in [-0.15, -0.1) is 0 Å². The molecule has 204 valence electrons. The average molecular weight is 521 g/mol. The number of benzene rings is 2. The van der Waals surface area contributed by atoms with E-state index in [0.29, 0.717) is 25.2 Å². The van der Waals surface area contributed by atoms with Gasteiger partial charge in [-0.3, -0.25) is 14.9 Å². The van der Waals surface area contributed by atoms with E-state index in [9.17, 15) is 14.4 Å². The van der Waals surface area contributed by atoms with Crippen molar-refractivity contribution in [2.24, 2.45) is 5.92 Å². The maximum atomic E-state index is 13.9. The Morgan fingerprint density at radius 2 is 1.61 bits per heavy atom. The molecule has 1 aliphatic heterocycles. The number of likely N-dealkylation sites (tertiary alicyclic amines) is 1. The van der Waals surface area contributed by atoms with Crippen molar-refractivity contribution in [1.82, 2.24) is 10.2 Å². The molecule has 2 aromatic rings. The lowest BCUT2D eigenvalue weighted by atomic mass is 9.84. The molecule has 2 fully saturated rings. The fraction of sp³-hybridized carbons (Fsp3) is 0.516. The number of hydrogen-bond donors (Lipinski definition) is 1. The minimum Gasteiger partial charge on any atom is -0.465 e. The number of nitrogens with one attached hydrogen (secondary N) is 1. The second kappa shape index (κ2) is 13.6. The van der Waals surface area contributed by atoms with Gasteiger partial charge in [0.05, 0.1) is 12.6 Å². The van der Waals surface area contributed by atoms with E-state index in [2.05, 4.69) is 5.32 Å². The molecule has 1 heterocycles. The van der Waals surface area contributed by atoms with Gasteiger partial charge in [0.2, 0.25) is 5.91 Å². The van der Waals surface area contributed by atoms with E-state index in [0.717, 1.165) is 36.8 Å². The molecule has 1 saturated carbocycles. The van der Waals surface area contributed by atoms with E-state index in [1.165, 1.54) is 0 Å². The van der Waals surface area contributed by atoms with Crippen LogP contribution >= 0.6 is 0 Å². The van der Waals surface area contributed by atoms with Gasteiger partial charge < -0.3 is 14.4 Å². The number of carbonyl (C=O) groups is 3. The van der Waals surface area contributed by atoms with Crippen molar-refractivity contribution in [3.05, 3.63) is 71.8 Å². The monoisotopic (exact) mass is 520 g/mol. The predicted octanol–water partition coefficient (Wildman–Crippen LogP) is 4.43. The summed E-state index contributed by atoms with van der Waals surface area (Å²) in [4.78, 5) is 41.7. The molecular weight excluding hydrogens is 480 g/mol. The quantitative estimate of drug-likeness (QED) is 0.441. The summed E-state index contributed by atoms with van der Waals surface area (Å²) < 4.78 is 11.0. The first-order chi connectivity index (χ1) is 18.5. The van der Waals surface area contributed by atoms with Crippen molar-refractivity contribution in [2.75, 3.05) is 6.61 Å². The van der Waals surface area contributed by atoms with Crippen LogP contribution < -0.4 is 5.32 Å². The summed E-state index contributed by atoms with van der Waals surface area (Å²) >= 11 is 0. The summed E-state index contributed by atoms with van der Waals surface area (Å²) in [5, 5.41) is 3.24. The van der Waals surface area contributed by atoms with E-state index in [-0.39, 0.29) is 37.1 Å². The molecule has 1 aliphatic carbocycles. The fourth-order valence-corrected chi connectivity index (χ4v) is 5.88. The van der Waals surface area contributed by atoms with Crippen LogP contribution in [0.5, 0.6) is 0 Å². The van der Waals surface area contributed by atoms with Gasteiger partial charge in [0.25, 0.3) is 0 Å². The zero-order chi connectivity index (χ0) is 26.9. The number of fused-ring (bicyclic) bond motifs is 1. The van der Waals surface area contributed by atoms with Gasteiger partial charge in [0.15, 0.2) is 0 Å². The highest BCUT2D eigenvalue weighted by Gasteiger charge is 2.49. The lowest BCUT2D eigenvalue weighted by Crippen LogP contribution is -2.56. The van der Waals surface area contributed by atoms with Crippen molar-refractivity contribution < 1.29 is 23.9 Å². The van der Waals surface area contributed by atoms with Crippen LogP contribution in [0, 0.1) is 5.92 Å². The van der Waals surface area contributed by atoms with Crippen LogP contribution in [0.4, 0.5) is 0 Å². The number of nitrogens with zero attached hydrogens (tertiary/aromatic N) is 1. The average Bonchev–Trinajstić information content (AvgIpc) is 3.34. The molecule has 0 aromatic heterocycles. The Hall–Kier alpha value is -3.19. The summed E-state index contributed by atoms with van der Waals surface area (Å²) in [5.74, 6) is -0.572. The number of rotatable bonds is 11. The van der Waals surface area contributed by atoms with Crippen molar-refractivity contribution in [3.8, 4) is 0 Å². The standard InChI is InChI=1S/C31H40N2O5/c1-3-37-30(35)26(19-18-23-12-6-4-7-13-23)32-22(2)29(34)33-27-17-11-10-16-25(27)20-28(33)31(36)38-21-24-14-8-5-9-15-24/h4-9,12-15,22,25-28,32H,3,10-11,16-21H2,1-2H3/t22-,25?,26-,27+,28+/m0/s1. The second-order valence-corrected chi connectivity index (χ2v) is 10.4. The zero-order valence-corrected chi connectivity index (χ0v) is 22.5. The highest BCUT2D eigenvalue weighted by molar-refractivity contribution is 5.89. The Morgan fingerprint density at radius 3 is 2.29 bits per heavy atom. The van der Waals surface area contributed by atoms with Gasteiger partial charge in [-0.25, -0.2) is 4.79 Å². The Balaban J connectivity index is 1.45. The summed E-state index contributed by atoms with van der Waals surface area (Å²) in [7, 11) is 0. The first kappa shape index (κ1) is 27.8. The molecule has 7 nitrogen and oxygen atoms in total. The molecule has 7 heteroatoms. The molecule has 1 unspecified atom stereocenters. The third-order valence-corrected chi connectivity index (χ3v) is 7.80. The van der Waals surface area contributed by atoms with Crippen LogP contribution in [-0.2, 0) is 36.9 Å². The van der Waals surface area contributed by atoms with E-state index in [1.807, 2.05) is 60.7 Å². The molecule has 1 N–H and O–H groups in total. The molecule has 1 saturated heterocycles. The Bertz CT molecular complexity index is 1060. The number of amides is 1. The predicted molar refractivity (Wildman–Crippen MR) is 145 cm³/mol. The SMILES string of the molecule is CCOC(=O)[C@H](CCc1ccccc1)N[C@@H](C)C(=O)N1[C@@H](C(=O)OCc2ccccc2)CC2CCCC[C@H]21. The molecule has 1 amide bonds. The summed E-state index contributed by atoms with van der Waals surface area (Å²) in [6, 6.07) is 17.7. The Kier molecular flexibility index (Phi) is 9.93. The van der Waals surface area contributed by atoms with Gasteiger partial charge in [-0.1, -0.05) is 73.5 Å². The molecule has 2 aromatic carbocycles. The third-order valence-electron chi connectivity index (χ3n) is 7.80. The normalized spacial score (nSPS) is 22.3. The maximum Gasteiger partial charge on any atom is 0.329 e. The Morgan fingerprint density at radius 1 is 0.947 bits per heavy atom. The summed E-state index contributed by atoms with van der Waals surface area (Å²) in [6.45, 7) is 4.01. The van der Waals surface area contributed by atoms with Crippen LogP contribution in [-0.4, -0.2) is 53.5 Å². The fourth-order valence-electron chi connectivity index (χ4n) is 5.88. The molecule has 0 spiro atoms. The molecule has 4 rings (SSSR count). The highest BCUT2D eigenvalue weighted by atomic mass is 16.5. The van der Waals surface area contributed by atoms with Crippen LogP contribution in [0.15, 0.2) is 60.7 Å². The van der Waals surface area contributed by atoms with Crippen LogP contribution in [0.3, 0.4) is 0 Å². The van der Waals surface area contributed by atoms with Crippen LogP contribution in [0.25, 0.3) is 0 Å². The van der Waals surface area contributed by atoms with E-state index < -0.39 is 18.1 Å². The van der Waals surface area contributed by atoms with Crippen molar-refractivity contribution in [1.29, 1.82) is 0 Å². The summed E-state index contributed by atoms with van der Waals surface area (Å²) in [5.41, 5.74) is 2.04. The number of hydrogen-bond acceptors (Lipinski definition) is 6. The minimum atomic E-state index is -0.648. The topological polar surface area (TPSA) is 84.9 Å². The van der Waals surface area contributed by atoms with Crippen molar-refractivity contribution >= 4 is 17.8 Å². The molecule has 38 heavy (non-hydrogen) atoms. The van der Waals surface area contributed by atoms with Crippen LogP contribution in [0.2, 0.25) is 0 Å². The van der Waals surface area contributed by atoms with Gasteiger partial charge in [0, 0.05) is 6.04 Å².